The van der Waals surface area contributed by atoms with Crippen molar-refractivity contribution in [1.29, 1.82) is 0 Å². The lowest BCUT2D eigenvalue weighted by Gasteiger charge is -2.25. The van der Waals surface area contributed by atoms with Crippen LogP contribution in [-0.4, -0.2) is 45.7 Å². The van der Waals surface area contributed by atoms with Crippen LogP contribution in [0.25, 0.3) is 0 Å². The lowest BCUT2D eigenvalue weighted by molar-refractivity contribution is -0.157. The first-order chi connectivity index (χ1) is 16.7. The summed E-state index contributed by atoms with van der Waals surface area (Å²) in [5, 5.41) is 0. The van der Waals surface area contributed by atoms with Crippen molar-refractivity contribution in [1.82, 2.24) is 4.72 Å². The predicted octanol–water partition coefficient (Wildman–Crippen LogP) is 4.18. The molecule has 1 atom stereocenters. The molecule has 0 aliphatic heterocycles. The van der Waals surface area contributed by atoms with Gasteiger partial charge in [0.15, 0.2) is 0 Å². The van der Waals surface area contributed by atoms with Crippen LogP contribution in [0.2, 0.25) is 0 Å². The summed E-state index contributed by atoms with van der Waals surface area (Å²) in [7, 11) is -2.64. The van der Waals surface area contributed by atoms with Gasteiger partial charge in [-0.2, -0.15) is 4.72 Å². The Balaban J connectivity index is 2.13. The van der Waals surface area contributed by atoms with E-state index in [4.69, 9.17) is 9.47 Å². The summed E-state index contributed by atoms with van der Waals surface area (Å²) < 4.78 is 45.0. The highest BCUT2D eigenvalue weighted by Crippen LogP contribution is 2.23. The van der Waals surface area contributed by atoms with Gasteiger partial charge in [0.2, 0.25) is 10.0 Å². The van der Waals surface area contributed by atoms with Crippen LogP contribution in [-0.2, 0) is 35.5 Å². The SMILES string of the molecule is COC(=O)CCc1ccc(OCCC(NS(=O)(=O)c2c(C)cc(C)cc2C)C(=O)OC(C)(C)C)cc1. The summed E-state index contributed by atoms with van der Waals surface area (Å²) in [6, 6.07) is 9.67. The van der Waals surface area contributed by atoms with E-state index in [1.807, 2.05) is 19.1 Å². The second-order valence-electron chi connectivity index (χ2n) is 9.79. The molecule has 0 radical (unpaired) electrons. The first-order valence-electron chi connectivity index (χ1n) is 11.8. The van der Waals surface area contributed by atoms with Crippen LogP contribution in [0.4, 0.5) is 0 Å². The molecule has 0 aliphatic carbocycles. The van der Waals surface area contributed by atoms with Crippen molar-refractivity contribution in [3.63, 3.8) is 0 Å². The molecule has 0 heterocycles. The Hall–Kier alpha value is -2.91. The van der Waals surface area contributed by atoms with E-state index in [2.05, 4.69) is 9.46 Å². The van der Waals surface area contributed by atoms with E-state index >= 15 is 0 Å². The topological polar surface area (TPSA) is 108 Å². The molecule has 2 aromatic rings. The maximum absolute atomic E-state index is 13.3. The molecule has 36 heavy (non-hydrogen) atoms. The normalized spacial score (nSPS) is 12.6. The fraction of sp³-hybridized carbons (Fsp3) is 0.481. The number of rotatable bonds is 11. The maximum atomic E-state index is 13.3. The number of benzene rings is 2. The molecular weight excluding hydrogens is 482 g/mol. The van der Waals surface area contributed by atoms with E-state index in [9.17, 15) is 18.0 Å². The van der Waals surface area contributed by atoms with Gasteiger partial charge in [-0.1, -0.05) is 29.8 Å². The minimum absolute atomic E-state index is 0.0716. The fourth-order valence-electron chi connectivity index (χ4n) is 3.83. The van der Waals surface area contributed by atoms with Gasteiger partial charge in [-0.05, 0) is 76.8 Å². The number of hydrogen-bond donors (Lipinski definition) is 1. The molecule has 0 spiro atoms. The lowest BCUT2D eigenvalue weighted by atomic mass is 10.1. The average molecular weight is 520 g/mol. The minimum Gasteiger partial charge on any atom is -0.494 e. The molecule has 9 heteroatoms. The van der Waals surface area contributed by atoms with Crippen LogP contribution in [0.15, 0.2) is 41.3 Å². The Morgan fingerprint density at radius 2 is 1.58 bits per heavy atom. The average Bonchev–Trinajstić information content (AvgIpc) is 2.75. The van der Waals surface area contributed by atoms with E-state index < -0.39 is 27.6 Å². The second-order valence-corrected chi connectivity index (χ2v) is 11.4. The van der Waals surface area contributed by atoms with Crippen LogP contribution < -0.4 is 9.46 Å². The van der Waals surface area contributed by atoms with Crippen molar-refractivity contribution < 1.29 is 32.2 Å². The molecule has 0 amide bonds. The number of sulfonamides is 1. The first-order valence-corrected chi connectivity index (χ1v) is 13.3. The monoisotopic (exact) mass is 519 g/mol. The van der Waals surface area contributed by atoms with Crippen LogP contribution in [0, 0.1) is 20.8 Å². The number of hydrogen-bond acceptors (Lipinski definition) is 7. The Morgan fingerprint density at radius 1 is 1.00 bits per heavy atom. The highest BCUT2D eigenvalue weighted by Gasteiger charge is 2.31. The molecule has 1 N–H and O–H groups in total. The molecule has 0 bridgehead atoms. The standard InChI is InChI=1S/C27H37NO7S/c1-18-16-19(2)25(20(3)17-18)36(31,32)28-23(26(30)35-27(4,5)6)14-15-34-22-11-8-21(9-12-22)10-13-24(29)33-7/h8-9,11-12,16-17,23,28H,10,13-15H2,1-7H3. The van der Waals surface area contributed by atoms with Gasteiger partial charge in [0, 0.05) is 12.8 Å². The van der Waals surface area contributed by atoms with E-state index in [0.717, 1.165) is 11.1 Å². The van der Waals surface area contributed by atoms with Gasteiger partial charge in [-0.3, -0.25) is 9.59 Å². The van der Waals surface area contributed by atoms with Crippen LogP contribution in [0.5, 0.6) is 5.75 Å². The number of carbonyl (C=O) groups is 2. The molecule has 0 saturated heterocycles. The maximum Gasteiger partial charge on any atom is 0.324 e. The molecule has 0 aliphatic rings. The van der Waals surface area contributed by atoms with Crippen molar-refractivity contribution in [2.45, 2.75) is 77.3 Å². The van der Waals surface area contributed by atoms with Gasteiger partial charge in [-0.25, -0.2) is 8.42 Å². The third-order valence-electron chi connectivity index (χ3n) is 5.31. The van der Waals surface area contributed by atoms with E-state index in [0.29, 0.717) is 23.3 Å². The summed E-state index contributed by atoms with van der Waals surface area (Å²) in [6.07, 6.45) is 0.907. The van der Waals surface area contributed by atoms with Crippen molar-refractivity contribution in [2.24, 2.45) is 0 Å². The van der Waals surface area contributed by atoms with Gasteiger partial charge in [0.05, 0.1) is 18.6 Å². The third kappa shape index (κ3) is 8.95. The smallest absolute Gasteiger partial charge is 0.324 e. The minimum atomic E-state index is -4.00. The zero-order valence-electron chi connectivity index (χ0n) is 22.1. The number of ether oxygens (including phenoxy) is 3. The Labute approximate surface area is 214 Å². The van der Waals surface area contributed by atoms with Gasteiger partial charge < -0.3 is 14.2 Å². The lowest BCUT2D eigenvalue weighted by Crippen LogP contribution is -2.45. The third-order valence-corrected chi connectivity index (χ3v) is 7.08. The summed E-state index contributed by atoms with van der Waals surface area (Å²) in [6.45, 7) is 10.6. The summed E-state index contributed by atoms with van der Waals surface area (Å²) in [5.74, 6) is -0.384. The fourth-order valence-corrected chi connectivity index (χ4v) is 5.50. The van der Waals surface area contributed by atoms with Crippen LogP contribution in [0.1, 0.15) is 55.9 Å². The molecule has 0 fully saturated rings. The van der Waals surface area contributed by atoms with Crippen LogP contribution >= 0.6 is 0 Å². The molecule has 1 unspecified atom stereocenters. The summed E-state index contributed by atoms with van der Waals surface area (Å²) >= 11 is 0. The first kappa shape index (κ1) is 29.3. The van der Waals surface area contributed by atoms with Gasteiger partial charge in [0.25, 0.3) is 0 Å². The highest BCUT2D eigenvalue weighted by atomic mass is 32.2. The van der Waals surface area contributed by atoms with E-state index in [1.54, 1.807) is 58.9 Å². The van der Waals surface area contributed by atoms with E-state index in [-0.39, 0.29) is 30.3 Å². The van der Waals surface area contributed by atoms with Crippen LogP contribution in [0.3, 0.4) is 0 Å². The Morgan fingerprint density at radius 3 is 2.11 bits per heavy atom. The summed E-state index contributed by atoms with van der Waals surface area (Å²) in [4.78, 5) is 24.4. The molecule has 0 saturated carbocycles. The predicted molar refractivity (Wildman–Crippen MR) is 137 cm³/mol. The molecule has 8 nitrogen and oxygen atoms in total. The second kappa shape index (κ2) is 12.4. The van der Waals surface area contributed by atoms with Gasteiger partial charge in [-0.15, -0.1) is 0 Å². The zero-order chi connectivity index (χ0) is 27.1. The molecular formula is C27H37NO7S. The number of aryl methyl sites for hydroxylation is 4. The summed E-state index contributed by atoms with van der Waals surface area (Å²) in [5.41, 5.74) is 2.34. The highest BCUT2D eigenvalue weighted by molar-refractivity contribution is 7.89. The largest absolute Gasteiger partial charge is 0.494 e. The Bertz CT molecular complexity index is 1140. The number of carbonyl (C=O) groups excluding carboxylic acids is 2. The Kier molecular flexibility index (Phi) is 10.1. The molecule has 198 valence electrons. The molecule has 2 aromatic carbocycles. The van der Waals surface area contributed by atoms with Gasteiger partial charge >= 0.3 is 11.9 Å². The number of esters is 2. The number of methoxy groups -OCH3 is 1. The van der Waals surface area contributed by atoms with Gasteiger partial charge in [0.1, 0.15) is 17.4 Å². The number of nitrogens with one attached hydrogen (secondary N) is 1. The van der Waals surface area contributed by atoms with Crippen molar-refractivity contribution >= 4 is 22.0 Å². The van der Waals surface area contributed by atoms with Crippen molar-refractivity contribution in [3.8, 4) is 5.75 Å². The molecule has 2 rings (SSSR count). The quantitative estimate of drug-likeness (QED) is 0.444. The van der Waals surface area contributed by atoms with Crippen molar-refractivity contribution in [2.75, 3.05) is 13.7 Å². The van der Waals surface area contributed by atoms with E-state index in [1.165, 1.54) is 7.11 Å². The van der Waals surface area contributed by atoms with Crippen molar-refractivity contribution in [3.05, 3.63) is 58.7 Å². The molecule has 0 aromatic heterocycles. The zero-order valence-corrected chi connectivity index (χ0v) is 23.0.